The number of anilines is 1. The minimum Gasteiger partial charge on any atom is -0.478 e. The third-order valence-electron chi connectivity index (χ3n) is 4.15. The lowest BCUT2D eigenvalue weighted by Crippen LogP contribution is -2.26. The number of benzene rings is 2. The van der Waals surface area contributed by atoms with Crippen molar-refractivity contribution in [3.63, 3.8) is 0 Å². The summed E-state index contributed by atoms with van der Waals surface area (Å²) < 4.78 is 0. The van der Waals surface area contributed by atoms with Gasteiger partial charge in [-0.15, -0.1) is 0 Å². The third-order valence-corrected chi connectivity index (χ3v) is 4.15. The van der Waals surface area contributed by atoms with Gasteiger partial charge in [0.05, 0.1) is 5.56 Å². The average Bonchev–Trinajstić information content (AvgIpc) is 2.59. The molecule has 0 atom stereocenters. The minimum absolute atomic E-state index is 0.0314. The SMILES string of the molecule is CC(C)c1cccc(N(C)C(=O)CCc2ccccc2C(=O)O)c1. The largest absolute Gasteiger partial charge is 0.478 e. The third kappa shape index (κ3) is 4.22. The zero-order valence-corrected chi connectivity index (χ0v) is 14.3. The van der Waals surface area contributed by atoms with Crippen LogP contribution in [-0.2, 0) is 11.2 Å². The zero-order valence-electron chi connectivity index (χ0n) is 14.3. The standard InChI is InChI=1S/C20H23NO3/c1-14(2)16-8-6-9-17(13-16)21(3)19(22)12-11-15-7-4-5-10-18(15)20(23)24/h4-10,13-14H,11-12H2,1-3H3,(H,23,24). The Kier molecular flexibility index (Phi) is 5.74. The summed E-state index contributed by atoms with van der Waals surface area (Å²) in [7, 11) is 1.75. The second-order valence-corrected chi connectivity index (χ2v) is 6.16. The van der Waals surface area contributed by atoms with Gasteiger partial charge < -0.3 is 10.0 Å². The van der Waals surface area contributed by atoms with Crippen molar-refractivity contribution < 1.29 is 14.7 Å². The zero-order chi connectivity index (χ0) is 17.7. The molecule has 0 bridgehead atoms. The Balaban J connectivity index is 2.07. The van der Waals surface area contributed by atoms with E-state index in [1.165, 1.54) is 5.56 Å². The van der Waals surface area contributed by atoms with Crippen molar-refractivity contribution in [2.45, 2.75) is 32.6 Å². The molecule has 0 saturated heterocycles. The Bertz CT molecular complexity index is 737. The first-order valence-corrected chi connectivity index (χ1v) is 8.08. The molecule has 0 unspecified atom stereocenters. The molecule has 0 spiro atoms. The maximum absolute atomic E-state index is 12.5. The summed E-state index contributed by atoms with van der Waals surface area (Å²) in [6.07, 6.45) is 0.683. The molecular weight excluding hydrogens is 302 g/mol. The lowest BCUT2D eigenvalue weighted by Gasteiger charge is -2.19. The highest BCUT2D eigenvalue weighted by Gasteiger charge is 2.14. The van der Waals surface area contributed by atoms with Crippen molar-refractivity contribution in [1.29, 1.82) is 0 Å². The molecule has 0 saturated carbocycles. The van der Waals surface area contributed by atoms with Crippen LogP contribution in [0, 0.1) is 0 Å². The van der Waals surface area contributed by atoms with Crippen molar-refractivity contribution in [2.24, 2.45) is 0 Å². The van der Waals surface area contributed by atoms with Crippen LogP contribution in [-0.4, -0.2) is 24.0 Å². The molecule has 126 valence electrons. The summed E-state index contributed by atoms with van der Waals surface area (Å²) in [5, 5.41) is 9.21. The number of carbonyl (C=O) groups is 2. The summed E-state index contributed by atoms with van der Waals surface area (Å²) in [4.78, 5) is 25.3. The van der Waals surface area contributed by atoms with Gasteiger partial charge in [0.15, 0.2) is 0 Å². The molecule has 0 aliphatic carbocycles. The van der Waals surface area contributed by atoms with Crippen LogP contribution in [0.5, 0.6) is 0 Å². The quantitative estimate of drug-likeness (QED) is 0.870. The van der Waals surface area contributed by atoms with Crippen molar-refractivity contribution in [3.8, 4) is 0 Å². The van der Waals surface area contributed by atoms with Gasteiger partial charge in [-0.1, -0.05) is 44.2 Å². The van der Waals surface area contributed by atoms with Gasteiger partial charge in [0.1, 0.15) is 0 Å². The smallest absolute Gasteiger partial charge is 0.335 e. The van der Waals surface area contributed by atoms with E-state index in [1.807, 2.05) is 18.2 Å². The van der Waals surface area contributed by atoms with E-state index in [0.717, 1.165) is 5.69 Å². The number of aromatic carboxylic acids is 1. The molecule has 1 amide bonds. The fourth-order valence-electron chi connectivity index (χ4n) is 2.59. The van der Waals surface area contributed by atoms with Gasteiger partial charge in [-0.25, -0.2) is 4.79 Å². The molecule has 0 aliphatic heterocycles. The Hall–Kier alpha value is -2.62. The van der Waals surface area contributed by atoms with Gasteiger partial charge in [0.25, 0.3) is 0 Å². The summed E-state index contributed by atoms with van der Waals surface area (Å²) in [5.41, 5.74) is 2.98. The highest BCUT2D eigenvalue weighted by molar-refractivity contribution is 5.93. The summed E-state index contributed by atoms with van der Waals surface area (Å²) in [6, 6.07) is 14.8. The molecule has 0 heterocycles. The lowest BCUT2D eigenvalue weighted by molar-refractivity contribution is -0.118. The van der Waals surface area contributed by atoms with Crippen LogP contribution in [0.1, 0.15) is 47.7 Å². The maximum Gasteiger partial charge on any atom is 0.335 e. The fraction of sp³-hybridized carbons (Fsp3) is 0.300. The van der Waals surface area contributed by atoms with Crippen molar-refractivity contribution in [1.82, 2.24) is 0 Å². The topological polar surface area (TPSA) is 57.6 Å². The van der Waals surface area contributed by atoms with Gasteiger partial charge >= 0.3 is 5.97 Å². The van der Waals surface area contributed by atoms with Gasteiger partial charge in [0, 0.05) is 19.2 Å². The van der Waals surface area contributed by atoms with Gasteiger partial charge in [-0.3, -0.25) is 4.79 Å². The van der Waals surface area contributed by atoms with E-state index in [2.05, 4.69) is 19.9 Å². The number of carbonyl (C=O) groups excluding carboxylic acids is 1. The first-order chi connectivity index (χ1) is 11.4. The number of carboxylic acid groups (broad SMARTS) is 1. The normalized spacial score (nSPS) is 10.7. The van der Waals surface area contributed by atoms with Crippen molar-refractivity contribution in [2.75, 3.05) is 11.9 Å². The Morgan fingerprint density at radius 2 is 1.79 bits per heavy atom. The molecule has 0 radical (unpaired) electrons. The summed E-state index contributed by atoms with van der Waals surface area (Å²) >= 11 is 0. The fourth-order valence-corrected chi connectivity index (χ4v) is 2.59. The monoisotopic (exact) mass is 325 g/mol. The van der Waals surface area contributed by atoms with E-state index in [9.17, 15) is 14.7 Å². The molecule has 4 heteroatoms. The second kappa shape index (κ2) is 7.77. The predicted molar refractivity (Wildman–Crippen MR) is 95.7 cm³/mol. The highest BCUT2D eigenvalue weighted by Crippen LogP contribution is 2.22. The van der Waals surface area contributed by atoms with Crippen LogP contribution in [0.15, 0.2) is 48.5 Å². The molecule has 24 heavy (non-hydrogen) atoms. The lowest BCUT2D eigenvalue weighted by atomic mass is 10.0. The van der Waals surface area contributed by atoms with Crippen LogP contribution in [0.4, 0.5) is 5.69 Å². The molecule has 0 fully saturated rings. The first kappa shape index (κ1) is 17.7. The van der Waals surface area contributed by atoms with Crippen LogP contribution in [0.2, 0.25) is 0 Å². The van der Waals surface area contributed by atoms with Gasteiger partial charge in [-0.2, -0.15) is 0 Å². The van der Waals surface area contributed by atoms with E-state index in [4.69, 9.17) is 0 Å². The van der Waals surface area contributed by atoms with Crippen LogP contribution in [0.25, 0.3) is 0 Å². The molecule has 1 N–H and O–H groups in total. The van der Waals surface area contributed by atoms with Gasteiger partial charge in [-0.05, 0) is 41.7 Å². The van der Waals surface area contributed by atoms with E-state index in [-0.39, 0.29) is 17.9 Å². The van der Waals surface area contributed by atoms with Crippen LogP contribution < -0.4 is 4.90 Å². The number of amides is 1. The number of carboxylic acids is 1. The number of nitrogens with zero attached hydrogens (tertiary/aromatic N) is 1. The van der Waals surface area contributed by atoms with Gasteiger partial charge in [0.2, 0.25) is 5.91 Å². The van der Waals surface area contributed by atoms with Crippen LogP contribution in [0.3, 0.4) is 0 Å². The van der Waals surface area contributed by atoms with Crippen molar-refractivity contribution >= 4 is 17.6 Å². The van der Waals surface area contributed by atoms with E-state index >= 15 is 0 Å². The molecule has 2 aromatic rings. The summed E-state index contributed by atoms with van der Waals surface area (Å²) in [6.45, 7) is 4.23. The minimum atomic E-state index is -0.962. The molecule has 4 nitrogen and oxygen atoms in total. The van der Waals surface area contributed by atoms with E-state index in [1.54, 1.807) is 36.2 Å². The Labute approximate surface area is 142 Å². The summed E-state index contributed by atoms with van der Waals surface area (Å²) in [5.74, 6) is -0.594. The number of rotatable bonds is 6. The average molecular weight is 325 g/mol. The van der Waals surface area contributed by atoms with E-state index < -0.39 is 5.97 Å². The highest BCUT2D eigenvalue weighted by atomic mass is 16.4. The number of hydrogen-bond acceptors (Lipinski definition) is 2. The predicted octanol–water partition coefficient (Wildman–Crippen LogP) is 4.10. The molecule has 2 aromatic carbocycles. The van der Waals surface area contributed by atoms with Crippen molar-refractivity contribution in [3.05, 3.63) is 65.2 Å². The molecular formula is C20H23NO3. The Morgan fingerprint density at radius 1 is 1.08 bits per heavy atom. The van der Waals surface area contributed by atoms with Crippen LogP contribution >= 0.6 is 0 Å². The number of hydrogen-bond donors (Lipinski definition) is 1. The van der Waals surface area contributed by atoms with E-state index in [0.29, 0.717) is 17.9 Å². The number of aryl methyl sites for hydroxylation is 1. The maximum atomic E-state index is 12.5. The molecule has 0 aliphatic rings. The first-order valence-electron chi connectivity index (χ1n) is 8.08. The second-order valence-electron chi connectivity index (χ2n) is 6.16. The Morgan fingerprint density at radius 3 is 2.46 bits per heavy atom. The molecule has 2 rings (SSSR count). The molecule has 0 aromatic heterocycles.